The molecule has 0 heterocycles. The lowest BCUT2D eigenvalue weighted by atomic mass is 9.84. The monoisotopic (exact) mass is 212 g/mol. The highest BCUT2D eigenvalue weighted by atomic mass is 16.5. The zero-order valence-corrected chi connectivity index (χ0v) is 8.86. The van der Waals surface area contributed by atoms with E-state index < -0.39 is 17.9 Å². The molecule has 0 aromatic heterocycles. The van der Waals surface area contributed by atoms with Crippen molar-refractivity contribution in [3.05, 3.63) is 11.6 Å². The average molecular weight is 212 g/mol. The summed E-state index contributed by atoms with van der Waals surface area (Å²) in [5.41, 5.74) is 0.701. The molecule has 0 aromatic rings. The third-order valence-corrected chi connectivity index (χ3v) is 2.54. The van der Waals surface area contributed by atoms with Crippen LogP contribution in [-0.4, -0.2) is 23.7 Å². The first-order valence-electron chi connectivity index (χ1n) is 5.25. The molecule has 0 saturated heterocycles. The molecule has 1 aliphatic carbocycles. The molecule has 1 unspecified atom stereocenters. The quantitative estimate of drug-likeness (QED) is 0.571. The van der Waals surface area contributed by atoms with Crippen LogP contribution in [0.5, 0.6) is 0 Å². The highest BCUT2D eigenvalue weighted by Crippen LogP contribution is 2.29. The Balaban J connectivity index is 2.71. The number of carbonyl (C=O) groups excluding carboxylic acids is 1. The second-order valence-corrected chi connectivity index (χ2v) is 3.61. The van der Waals surface area contributed by atoms with Gasteiger partial charge in [0, 0.05) is 6.08 Å². The number of carboxylic acid groups (broad SMARTS) is 1. The third-order valence-electron chi connectivity index (χ3n) is 2.54. The van der Waals surface area contributed by atoms with Crippen molar-refractivity contribution in [3.63, 3.8) is 0 Å². The lowest BCUT2D eigenvalue weighted by Crippen LogP contribution is -2.20. The van der Waals surface area contributed by atoms with Gasteiger partial charge in [-0.15, -0.1) is 0 Å². The van der Waals surface area contributed by atoms with Gasteiger partial charge in [-0.1, -0.05) is 6.42 Å². The Bertz CT molecular complexity index is 280. The predicted molar refractivity (Wildman–Crippen MR) is 54.3 cm³/mol. The van der Waals surface area contributed by atoms with Crippen LogP contribution in [-0.2, 0) is 14.3 Å². The maximum atomic E-state index is 11.2. The van der Waals surface area contributed by atoms with Crippen LogP contribution in [0.25, 0.3) is 0 Å². The van der Waals surface area contributed by atoms with Crippen molar-refractivity contribution in [2.24, 2.45) is 5.92 Å². The SMILES string of the molecule is CCOC(=O)C=C1CCCCC1C(=O)O. The van der Waals surface area contributed by atoms with E-state index in [1.54, 1.807) is 6.92 Å². The van der Waals surface area contributed by atoms with Gasteiger partial charge in [0.05, 0.1) is 12.5 Å². The summed E-state index contributed by atoms with van der Waals surface area (Å²) in [7, 11) is 0. The summed E-state index contributed by atoms with van der Waals surface area (Å²) >= 11 is 0. The van der Waals surface area contributed by atoms with Crippen LogP contribution in [0, 0.1) is 5.92 Å². The fourth-order valence-electron chi connectivity index (χ4n) is 1.83. The molecule has 1 rings (SSSR count). The third kappa shape index (κ3) is 3.38. The van der Waals surface area contributed by atoms with Crippen molar-refractivity contribution in [1.29, 1.82) is 0 Å². The second-order valence-electron chi connectivity index (χ2n) is 3.61. The largest absolute Gasteiger partial charge is 0.481 e. The molecule has 4 nitrogen and oxygen atoms in total. The summed E-state index contributed by atoms with van der Waals surface area (Å²) in [4.78, 5) is 22.1. The number of carboxylic acids is 1. The Hall–Kier alpha value is -1.32. The fourth-order valence-corrected chi connectivity index (χ4v) is 1.83. The zero-order valence-electron chi connectivity index (χ0n) is 8.86. The van der Waals surface area contributed by atoms with Gasteiger partial charge in [0.15, 0.2) is 0 Å². The van der Waals surface area contributed by atoms with E-state index >= 15 is 0 Å². The van der Waals surface area contributed by atoms with Crippen LogP contribution in [0.15, 0.2) is 11.6 Å². The van der Waals surface area contributed by atoms with Crippen molar-refractivity contribution in [1.82, 2.24) is 0 Å². The van der Waals surface area contributed by atoms with Crippen molar-refractivity contribution >= 4 is 11.9 Å². The maximum absolute atomic E-state index is 11.2. The van der Waals surface area contributed by atoms with E-state index in [4.69, 9.17) is 9.84 Å². The van der Waals surface area contributed by atoms with Crippen molar-refractivity contribution in [3.8, 4) is 0 Å². The van der Waals surface area contributed by atoms with E-state index in [1.165, 1.54) is 6.08 Å². The molecular weight excluding hydrogens is 196 g/mol. The average Bonchev–Trinajstić information content (AvgIpc) is 2.18. The summed E-state index contributed by atoms with van der Waals surface area (Å²) in [6.07, 6.45) is 4.53. The molecule has 1 atom stereocenters. The van der Waals surface area contributed by atoms with E-state index in [9.17, 15) is 9.59 Å². The molecule has 0 aliphatic heterocycles. The molecule has 0 radical (unpaired) electrons. The van der Waals surface area contributed by atoms with Crippen LogP contribution in [0.4, 0.5) is 0 Å². The fraction of sp³-hybridized carbons (Fsp3) is 0.636. The summed E-state index contributed by atoms with van der Waals surface area (Å²) in [5, 5.41) is 8.96. The minimum Gasteiger partial charge on any atom is -0.481 e. The summed E-state index contributed by atoms with van der Waals surface area (Å²) < 4.78 is 4.76. The molecule has 0 amide bonds. The van der Waals surface area contributed by atoms with Crippen molar-refractivity contribution in [2.45, 2.75) is 32.6 Å². The van der Waals surface area contributed by atoms with E-state index in [2.05, 4.69) is 0 Å². The van der Waals surface area contributed by atoms with Crippen molar-refractivity contribution < 1.29 is 19.4 Å². The minimum absolute atomic E-state index is 0.320. The normalized spacial score (nSPS) is 23.8. The molecule has 0 bridgehead atoms. The van der Waals surface area contributed by atoms with Gasteiger partial charge in [-0.25, -0.2) is 4.79 Å². The second kappa shape index (κ2) is 5.53. The Labute approximate surface area is 88.9 Å². The lowest BCUT2D eigenvalue weighted by Gasteiger charge is -2.21. The molecule has 1 aliphatic rings. The number of aliphatic carboxylic acids is 1. The van der Waals surface area contributed by atoms with Gasteiger partial charge < -0.3 is 9.84 Å². The molecule has 84 valence electrons. The Morgan fingerprint density at radius 1 is 1.53 bits per heavy atom. The summed E-state index contributed by atoms with van der Waals surface area (Å²) in [6.45, 7) is 2.05. The number of esters is 1. The van der Waals surface area contributed by atoms with Gasteiger partial charge in [0.1, 0.15) is 0 Å². The van der Waals surface area contributed by atoms with Crippen LogP contribution < -0.4 is 0 Å². The molecular formula is C11H16O4. The molecule has 0 aromatic carbocycles. The van der Waals surface area contributed by atoms with Crippen LogP contribution in [0.3, 0.4) is 0 Å². The highest BCUT2D eigenvalue weighted by Gasteiger charge is 2.25. The first-order chi connectivity index (χ1) is 7.15. The molecule has 1 saturated carbocycles. The highest BCUT2D eigenvalue weighted by molar-refractivity contribution is 5.85. The van der Waals surface area contributed by atoms with Crippen LogP contribution in [0.2, 0.25) is 0 Å². The predicted octanol–water partition coefficient (Wildman–Crippen LogP) is 1.75. The zero-order chi connectivity index (χ0) is 11.3. The molecule has 15 heavy (non-hydrogen) atoms. The van der Waals surface area contributed by atoms with Gasteiger partial charge in [0.2, 0.25) is 0 Å². The number of hydrogen-bond acceptors (Lipinski definition) is 3. The summed E-state index contributed by atoms with van der Waals surface area (Å²) in [6, 6.07) is 0. The van der Waals surface area contributed by atoms with Gasteiger partial charge >= 0.3 is 11.9 Å². The maximum Gasteiger partial charge on any atom is 0.330 e. The number of rotatable bonds is 3. The number of carbonyl (C=O) groups is 2. The number of ether oxygens (including phenoxy) is 1. The standard InChI is InChI=1S/C11H16O4/c1-2-15-10(12)7-8-5-3-4-6-9(8)11(13)14/h7,9H,2-6H2,1H3,(H,13,14). The molecule has 1 fully saturated rings. The Morgan fingerprint density at radius 2 is 2.27 bits per heavy atom. The van der Waals surface area contributed by atoms with Crippen LogP contribution >= 0.6 is 0 Å². The van der Waals surface area contributed by atoms with E-state index in [0.717, 1.165) is 12.8 Å². The molecule has 1 N–H and O–H groups in total. The Morgan fingerprint density at radius 3 is 2.87 bits per heavy atom. The number of hydrogen-bond donors (Lipinski definition) is 1. The molecule has 4 heteroatoms. The topological polar surface area (TPSA) is 63.6 Å². The van der Waals surface area contributed by atoms with E-state index in [0.29, 0.717) is 25.0 Å². The van der Waals surface area contributed by atoms with E-state index in [1.807, 2.05) is 0 Å². The first-order valence-corrected chi connectivity index (χ1v) is 5.25. The smallest absolute Gasteiger partial charge is 0.330 e. The molecule has 0 spiro atoms. The minimum atomic E-state index is -0.842. The van der Waals surface area contributed by atoms with Gasteiger partial charge in [-0.3, -0.25) is 4.79 Å². The van der Waals surface area contributed by atoms with Gasteiger partial charge in [0.25, 0.3) is 0 Å². The Kier molecular flexibility index (Phi) is 4.34. The van der Waals surface area contributed by atoms with E-state index in [-0.39, 0.29) is 0 Å². The van der Waals surface area contributed by atoms with Crippen LogP contribution in [0.1, 0.15) is 32.6 Å². The van der Waals surface area contributed by atoms with Gasteiger partial charge in [-0.2, -0.15) is 0 Å². The van der Waals surface area contributed by atoms with Gasteiger partial charge in [-0.05, 0) is 31.8 Å². The van der Waals surface area contributed by atoms with Crippen molar-refractivity contribution in [2.75, 3.05) is 6.61 Å². The summed E-state index contributed by atoms with van der Waals surface area (Å²) in [5.74, 6) is -1.77. The lowest BCUT2D eigenvalue weighted by molar-refractivity contribution is -0.141. The first kappa shape index (κ1) is 11.8.